The fourth-order valence-corrected chi connectivity index (χ4v) is 5.14. The van der Waals surface area contributed by atoms with Crippen molar-refractivity contribution in [3.63, 3.8) is 0 Å². The van der Waals surface area contributed by atoms with Gasteiger partial charge in [0.2, 0.25) is 0 Å². The van der Waals surface area contributed by atoms with Crippen molar-refractivity contribution in [2.75, 3.05) is 0 Å². The zero-order valence-corrected chi connectivity index (χ0v) is 17.6. The van der Waals surface area contributed by atoms with Gasteiger partial charge in [0.05, 0.1) is 5.52 Å². The second kappa shape index (κ2) is 8.19. The molecule has 1 fully saturated rings. The van der Waals surface area contributed by atoms with Crippen molar-refractivity contribution in [1.82, 2.24) is 15.0 Å². The maximum atomic E-state index is 14.0. The third kappa shape index (κ3) is 3.74. The number of nitrogens with one attached hydrogen (secondary N) is 1. The first-order valence-electron chi connectivity index (χ1n) is 11.0. The Morgan fingerprint density at radius 2 is 1.78 bits per heavy atom. The van der Waals surface area contributed by atoms with Crippen LogP contribution >= 0.6 is 0 Å². The number of H-pyrrole nitrogens is 1. The molecule has 1 saturated carbocycles. The van der Waals surface area contributed by atoms with Gasteiger partial charge in [-0.3, -0.25) is 4.98 Å². The lowest BCUT2D eigenvalue weighted by atomic mass is 9.75. The summed E-state index contributed by atoms with van der Waals surface area (Å²) in [5.41, 5.74) is 1.57. The Bertz CT molecular complexity index is 1290. The maximum Gasteiger partial charge on any atom is 0.184 e. The number of benzene rings is 2. The van der Waals surface area contributed by atoms with Gasteiger partial charge in [0, 0.05) is 23.6 Å². The van der Waals surface area contributed by atoms with E-state index < -0.39 is 17.5 Å². The molecule has 0 spiro atoms. The number of fused-ring (bicyclic) bond motifs is 2. The van der Waals surface area contributed by atoms with Crippen LogP contribution in [0.2, 0.25) is 0 Å². The Labute approximate surface area is 182 Å². The molecule has 2 aromatic carbocycles. The number of rotatable bonds is 4. The van der Waals surface area contributed by atoms with Crippen LogP contribution in [0, 0.1) is 29.2 Å². The molecule has 0 saturated heterocycles. The fraction of sp³-hybridized carbons (Fsp3) is 0.360. The number of aromatic nitrogens is 3. The first kappa shape index (κ1) is 20.9. The molecule has 1 aliphatic rings. The average Bonchev–Trinajstić information content (AvgIpc) is 3.24. The lowest BCUT2D eigenvalue weighted by Crippen LogP contribution is -2.16. The lowest BCUT2D eigenvalue weighted by molar-refractivity contribution is 0.296. The highest BCUT2D eigenvalue weighted by molar-refractivity contribution is 5.82. The predicted molar refractivity (Wildman–Crippen MR) is 115 cm³/mol. The molecule has 1 atom stereocenters. The molecule has 2 aromatic heterocycles. The van der Waals surface area contributed by atoms with Crippen LogP contribution in [0.1, 0.15) is 62.3 Å². The van der Waals surface area contributed by atoms with E-state index in [4.69, 9.17) is 0 Å². The van der Waals surface area contributed by atoms with Crippen molar-refractivity contribution in [3.05, 3.63) is 71.2 Å². The third-order valence-corrected chi connectivity index (χ3v) is 6.81. The number of nitrogens with zero attached hydrogens (tertiary/aromatic N) is 2. The molecule has 0 radical (unpaired) electrons. The Hall–Kier alpha value is -2.96. The predicted octanol–water partition coefficient (Wildman–Crippen LogP) is 7.14. The van der Waals surface area contributed by atoms with E-state index in [2.05, 4.69) is 15.0 Å². The van der Waals surface area contributed by atoms with Crippen LogP contribution in [0.25, 0.3) is 21.9 Å². The summed E-state index contributed by atoms with van der Waals surface area (Å²) in [6.07, 6.45) is 6.59. The van der Waals surface area contributed by atoms with E-state index in [1.807, 2.05) is 13.0 Å². The first-order valence-corrected chi connectivity index (χ1v) is 11.0. The zero-order chi connectivity index (χ0) is 22.4. The summed E-state index contributed by atoms with van der Waals surface area (Å²) in [4.78, 5) is 11.3. The minimum atomic E-state index is -1.22. The zero-order valence-electron chi connectivity index (χ0n) is 17.6. The highest BCUT2D eigenvalue weighted by Gasteiger charge is 2.27. The first-order chi connectivity index (χ1) is 15.4. The summed E-state index contributed by atoms with van der Waals surface area (Å²) >= 11 is 0. The van der Waals surface area contributed by atoms with Crippen LogP contribution in [-0.2, 0) is 0 Å². The number of halogens is 4. The van der Waals surface area contributed by atoms with E-state index in [0.29, 0.717) is 23.7 Å². The molecule has 2 heterocycles. The van der Waals surface area contributed by atoms with Crippen molar-refractivity contribution in [2.45, 2.75) is 50.9 Å². The van der Waals surface area contributed by atoms with Crippen molar-refractivity contribution in [2.24, 2.45) is 5.92 Å². The highest BCUT2D eigenvalue weighted by Crippen LogP contribution is 2.41. The standard InChI is InChI=1S/C25H23F4N3/c1-13(25-31-23-20(28)12-19(27)22(29)24(23)32-25)10-14-2-4-15(5-3-14)17-8-9-30-21-7-6-16(26)11-18(17)21/h6-9,11-15H,2-5,10H2,1H3,(H,31,32)/t13-,14?,15?/m1/s1. The van der Waals surface area contributed by atoms with Gasteiger partial charge in [0.25, 0.3) is 0 Å². The molecule has 1 N–H and O–H groups in total. The summed E-state index contributed by atoms with van der Waals surface area (Å²) in [6.45, 7) is 1.97. The van der Waals surface area contributed by atoms with Crippen molar-refractivity contribution in [1.29, 1.82) is 0 Å². The van der Waals surface area contributed by atoms with Gasteiger partial charge >= 0.3 is 0 Å². The summed E-state index contributed by atoms with van der Waals surface area (Å²) in [7, 11) is 0. The van der Waals surface area contributed by atoms with Crippen molar-refractivity contribution in [3.8, 4) is 0 Å². The van der Waals surface area contributed by atoms with E-state index in [9.17, 15) is 17.6 Å². The number of imidazole rings is 1. The maximum absolute atomic E-state index is 14.0. The molecule has 0 unspecified atom stereocenters. The Balaban J connectivity index is 1.29. The molecule has 4 aromatic rings. The minimum absolute atomic E-state index is 0.0401. The molecule has 166 valence electrons. The Kier molecular flexibility index (Phi) is 5.35. The molecule has 0 aliphatic heterocycles. The van der Waals surface area contributed by atoms with Crippen molar-refractivity contribution >= 4 is 21.9 Å². The number of pyridine rings is 1. The van der Waals surface area contributed by atoms with Gasteiger partial charge in [-0.1, -0.05) is 6.92 Å². The summed E-state index contributed by atoms with van der Waals surface area (Å²) in [5, 5.41) is 0.878. The molecule has 0 bridgehead atoms. The van der Waals surface area contributed by atoms with Gasteiger partial charge in [0.1, 0.15) is 22.7 Å². The smallest absolute Gasteiger partial charge is 0.184 e. The van der Waals surface area contributed by atoms with Gasteiger partial charge in [-0.2, -0.15) is 0 Å². The molecular weight excluding hydrogens is 418 g/mol. The quantitative estimate of drug-likeness (QED) is 0.270. The summed E-state index contributed by atoms with van der Waals surface area (Å²) in [6, 6.07) is 7.23. The van der Waals surface area contributed by atoms with Crippen LogP contribution in [0.5, 0.6) is 0 Å². The molecule has 32 heavy (non-hydrogen) atoms. The van der Waals surface area contributed by atoms with E-state index in [1.165, 1.54) is 6.07 Å². The normalized spacial score (nSPS) is 20.2. The molecule has 0 amide bonds. The third-order valence-electron chi connectivity index (χ3n) is 6.81. The van der Waals surface area contributed by atoms with Gasteiger partial charge < -0.3 is 4.98 Å². The fourth-order valence-electron chi connectivity index (χ4n) is 5.14. The van der Waals surface area contributed by atoms with E-state index in [1.54, 1.807) is 18.3 Å². The van der Waals surface area contributed by atoms with Gasteiger partial charge in [-0.05, 0) is 73.8 Å². The second-order valence-electron chi connectivity index (χ2n) is 8.92. The van der Waals surface area contributed by atoms with Crippen molar-refractivity contribution < 1.29 is 17.6 Å². The number of aromatic amines is 1. The molecule has 3 nitrogen and oxygen atoms in total. The number of hydrogen-bond acceptors (Lipinski definition) is 2. The van der Waals surface area contributed by atoms with Crippen LogP contribution in [0.15, 0.2) is 36.5 Å². The number of hydrogen-bond donors (Lipinski definition) is 1. The minimum Gasteiger partial charge on any atom is -0.339 e. The molecular formula is C25H23F4N3. The van der Waals surface area contributed by atoms with Crippen LogP contribution in [0.4, 0.5) is 17.6 Å². The van der Waals surface area contributed by atoms with Gasteiger partial charge in [0.15, 0.2) is 17.5 Å². The monoisotopic (exact) mass is 441 g/mol. The largest absolute Gasteiger partial charge is 0.339 e. The summed E-state index contributed by atoms with van der Waals surface area (Å²) < 4.78 is 55.3. The van der Waals surface area contributed by atoms with E-state index in [0.717, 1.165) is 48.6 Å². The molecule has 5 rings (SSSR count). The summed E-state index contributed by atoms with van der Waals surface area (Å²) in [5.74, 6) is -2.21. The van der Waals surface area contributed by atoms with E-state index in [-0.39, 0.29) is 22.8 Å². The Morgan fingerprint density at radius 1 is 1.00 bits per heavy atom. The molecule has 1 aliphatic carbocycles. The lowest BCUT2D eigenvalue weighted by Gasteiger charge is -2.30. The van der Waals surface area contributed by atoms with Crippen LogP contribution < -0.4 is 0 Å². The van der Waals surface area contributed by atoms with E-state index >= 15 is 0 Å². The SMILES string of the molecule is C[C@H](CC1CCC(c2ccnc3ccc(F)cc23)CC1)c1nc2c(F)cc(F)c(F)c2[nH]1. The molecule has 7 heteroatoms. The topological polar surface area (TPSA) is 41.6 Å². The second-order valence-corrected chi connectivity index (χ2v) is 8.92. The highest BCUT2D eigenvalue weighted by atomic mass is 19.2. The van der Waals surface area contributed by atoms with Crippen LogP contribution in [-0.4, -0.2) is 15.0 Å². The van der Waals surface area contributed by atoms with Gasteiger partial charge in [-0.15, -0.1) is 0 Å². The van der Waals surface area contributed by atoms with Crippen LogP contribution in [0.3, 0.4) is 0 Å². The van der Waals surface area contributed by atoms with Gasteiger partial charge in [-0.25, -0.2) is 22.5 Å². The Morgan fingerprint density at radius 3 is 2.56 bits per heavy atom. The average molecular weight is 441 g/mol.